The van der Waals surface area contributed by atoms with Gasteiger partial charge in [-0.25, -0.2) is 8.42 Å². The molecule has 0 saturated carbocycles. The van der Waals surface area contributed by atoms with Gasteiger partial charge in [0.1, 0.15) is 0 Å². The quantitative estimate of drug-likeness (QED) is 0.669. The van der Waals surface area contributed by atoms with Gasteiger partial charge < -0.3 is 5.32 Å². The summed E-state index contributed by atoms with van der Waals surface area (Å²) in [7, 11) is -3.49. The molecular formula is C19H21IN2O3S. The summed E-state index contributed by atoms with van der Waals surface area (Å²) >= 11 is 2.20. The van der Waals surface area contributed by atoms with Gasteiger partial charge in [-0.1, -0.05) is 6.92 Å². The Morgan fingerprint density at radius 2 is 1.62 bits per heavy atom. The van der Waals surface area contributed by atoms with E-state index in [1.165, 1.54) is 16.4 Å². The molecule has 1 amide bonds. The van der Waals surface area contributed by atoms with Crippen LogP contribution in [0.3, 0.4) is 0 Å². The maximum Gasteiger partial charge on any atom is 0.255 e. The van der Waals surface area contributed by atoms with E-state index in [0.29, 0.717) is 30.3 Å². The summed E-state index contributed by atoms with van der Waals surface area (Å²) in [5, 5.41) is 2.81. The molecule has 1 N–H and O–H groups in total. The minimum absolute atomic E-state index is 0.234. The van der Waals surface area contributed by atoms with E-state index in [9.17, 15) is 13.2 Å². The standard InChI is InChI=1S/C19H21IN2O3S/c1-14-10-12-22(13-11-14)26(24,25)18-8-2-15(3-9-18)19(23)21-17-6-4-16(20)5-7-17/h2-9,14H,10-13H2,1H3,(H,21,23). The Labute approximate surface area is 168 Å². The third kappa shape index (κ3) is 4.44. The summed E-state index contributed by atoms with van der Waals surface area (Å²) in [5.74, 6) is 0.302. The Bertz CT molecular complexity index is 872. The van der Waals surface area contributed by atoms with E-state index in [-0.39, 0.29) is 10.8 Å². The zero-order valence-corrected chi connectivity index (χ0v) is 17.5. The van der Waals surface area contributed by atoms with Crippen molar-refractivity contribution in [3.8, 4) is 0 Å². The lowest BCUT2D eigenvalue weighted by Crippen LogP contribution is -2.37. The number of nitrogens with one attached hydrogen (secondary N) is 1. The van der Waals surface area contributed by atoms with Crippen LogP contribution in [-0.4, -0.2) is 31.7 Å². The first-order valence-corrected chi connectivity index (χ1v) is 11.1. The van der Waals surface area contributed by atoms with Crippen LogP contribution in [0.15, 0.2) is 53.4 Å². The van der Waals surface area contributed by atoms with Crippen LogP contribution in [0.25, 0.3) is 0 Å². The molecule has 1 fully saturated rings. The summed E-state index contributed by atoms with van der Waals surface area (Å²) in [4.78, 5) is 12.6. The molecule has 1 aliphatic heterocycles. The molecule has 0 aromatic heterocycles. The molecule has 0 radical (unpaired) electrons. The van der Waals surface area contributed by atoms with Crippen molar-refractivity contribution in [2.75, 3.05) is 18.4 Å². The molecule has 0 spiro atoms. The summed E-state index contributed by atoms with van der Waals surface area (Å²) in [5.41, 5.74) is 1.13. The first kappa shape index (κ1) is 19.3. The number of benzene rings is 2. The highest BCUT2D eigenvalue weighted by Crippen LogP contribution is 2.23. The molecule has 0 unspecified atom stereocenters. The van der Waals surface area contributed by atoms with E-state index in [1.807, 2.05) is 24.3 Å². The Hall–Kier alpha value is -1.45. The van der Waals surface area contributed by atoms with Gasteiger partial charge >= 0.3 is 0 Å². The van der Waals surface area contributed by atoms with E-state index in [0.717, 1.165) is 16.4 Å². The second-order valence-corrected chi connectivity index (χ2v) is 9.76. The molecule has 0 aliphatic carbocycles. The number of amides is 1. The number of sulfonamides is 1. The molecule has 2 aromatic carbocycles. The first-order valence-electron chi connectivity index (χ1n) is 8.53. The molecule has 7 heteroatoms. The lowest BCUT2D eigenvalue weighted by molar-refractivity contribution is 0.102. The van der Waals surface area contributed by atoms with Gasteiger partial charge in [-0.15, -0.1) is 0 Å². The predicted molar refractivity (Wildman–Crippen MR) is 111 cm³/mol. The van der Waals surface area contributed by atoms with E-state index in [4.69, 9.17) is 0 Å². The van der Waals surface area contributed by atoms with Gasteiger partial charge in [-0.2, -0.15) is 4.31 Å². The minimum atomic E-state index is -3.49. The van der Waals surface area contributed by atoms with Crippen LogP contribution in [0.5, 0.6) is 0 Å². The second kappa shape index (κ2) is 8.06. The van der Waals surface area contributed by atoms with Crippen molar-refractivity contribution < 1.29 is 13.2 Å². The van der Waals surface area contributed by atoms with Crippen molar-refractivity contribution in [1.29, 1.82) is 0 Å². The number of rotatable bonds is 4. The highest BCUT2D eigenvalue weighted by Gasteiger charge is 2.28. The number of hydrogen-bond acceptors (Lipinski definition) is 3. The minimum Gasteiger partial charge on any atom is -0.322 e. The van der Waals surface area contributed by atoms with Crippen LogP contribution in [0.1, 0.15) is 30.1 Å². The van der Waals surface area contributed by atoms with Gasteiger partial charge in [0.2, 0.25) is 10.0 Å². The first-order chi connectivity index (χ1) is 12.4. The van der Waals surface area contributed by atoms with E-state index >= 15 is 0 Å². The molecule has 2 aromatic rings. The summed E-state index contributed by atoms with van der Waals surface area (Å²) in [6, 6.07) is 13.6. The van der Waals surface area contributed by atoms with Crippen LogP contribution in [0.2, 0.25) is 0 Å². The normalized spacial score (nSPS) is 16.4. The third-order valence-electron chi connectivity index (χ3n) is 4.60. The van der Waals surface area contributed by atoms with Crippen molar-refractivity contribution in [3.05, 3.63) is 57.7 Å². The third-order valence-corrected chi connectivity index (χ3v) is 7.23. The van der Waals surface area contributed by atoms with E-state index in [2.05, 4.69) is 34.8 Å². The van der Waals surface area contributed by atoms with E-state index in [1.54, 1.807) is 12.1 Å². The Morgan fingerprint density at radius 3 is 2.19 bits per heavy atom. The molecule has 1 heterocycles. The van der Waals surface area contributed by atoms with Crippen LogP contribution < -0.4 is 5.32 Å². The summed E-state index contributed by atoms with van der Waals surface area (Å²) in [6.07, 6.45) is 1.77. The molecule has 5 nitrogen and oxygen atoms in total. The van der Waals surface area contributed by atoms with Crippen LogP contribution in [0.4, 0.5) is 5.69 Å². The highest BCUT2D eigenvalue weighted by molar-refractivity contribution is 14.1. The zero-order valence-electron chi connectivity index (χ0n) is 14.5. The molecule has 0 atom stereocenters. The zero-order chi connectivity index (χ0) is 18.7. The predicted octanol–water partition coefficient (Wildman–Crippen LogP) is 3.96. The van der Waals surface area contributed by atoms with E-state index < -0.39 is 10.0 Å². The molecular weight excluding hydrogens is 463 g/mol. The molecule has 1 saturated heterocycles. The number of halogens is 1. The molecule has 26 heavy (non-hydrogen) atoms. The van der Waals surface area contributed by atoms with Crippen LogP contribution >= 0.6 is 22.6 Å². The second-order valence-electron chi connectivity index (χ2n) is 6.57. The van der Waals surface area contributed by atoms with Gasteiger partial charge in [0, 0.05) is 27.9 Å². The smallest absolute Gasteiger partial charge is 0.255 e. The van der Waals surface area contributed by atoms with Gasteiger partial charge in [0.25, 0.3) is 5.91 Å². The Morgan fingerprint density at radius 1 is 1.04 bits per heavy atom. The van der Waals surface area contributed by atoms with Gasteiger partial charge in [0.15, 0.2) is 0 Å². The molecule has 138 valence electrons. The lowest BCUT2D eigenvalue weighted by atomic mass is 10.0. The topological polar surface area (TPSA) is 66.5 Å². The summed E-state index contributed by atoms with van der Waals surface area (Å²) in [6.45, 7) is 3.25. The van der Waals surface area contributed by atoms with Crippen LogP contribution in [-0.2, 0) is 10.0 Å². The van der Waals surface area contributed by atoms with Crippen molar-refractivity contribution in [3.63, 3.8) is 0 Å². The van der Waals surface area contributed by atoms with Gasteiger partial charge in [-0.05, 0) is 89.9 Å². The van der Waals surface area contributed by atoms with Gasteiger partial charge in [0.05, 0.1) is 4.90 Å². The highest BCUT2D eigenvalue weighted by atomic mass is 127. The molecule has 1 aliphatic rings. The SMILES string of the molecule is CC1CCN(S(=O)(=O)c2ccc(C(=O)Nc3ccc(I)cc3)cc2)CC1. The van der Waals surface area contributed by atoms with Crippen LogP contribution in [0, 0.1) is 9.49 Å². The Kier molecular flexibility index (Phi) is 5.99. The van der Waals surface area contributed by atoms with Gasteiger partial charge in [-0.3, -0.25) is 4.79 Å². The number of hydrogen-bond donors (Lipinski definition) is 1. The maximum atomic E-state index is 12.7. The number of piperidine rings is 1. The number of nitrogens with zero attached hydrogens (tertiary/aromatic N) is 1. The number of carbonyl (C=O) groups is 1. The van der Waals surface area contributed by atoms with Crippen molar-refractivity contribution in [2.24, 2.45) is 5.92 Å². The lowest BCUT2D eigenvalue weighted by Gasteiger charge is -2.29. The van der Waals surface area contributed by atoms with Crippen molar-refractivity contribution >= 4 is 44.2 Å². The maximum absolute atomic E-state index is 12.7. The largest absolute Gasteiger partial charge is 0.322 e. The monoisotopic (exact) mass is 484 g/mol. The fourth-order valence-corrected chi connectivity index (χ4v) is 4.72. The molecule has 3 rings (SSSR count). The van der Waals surface area contributed by atoms with Crippen molar-refractivity contribution in [2.45, 2.75) is 24.7 Å². The average Bonchev–Trinajstić information content (AvgIpc) is 2.64. The molecule has 0 bridgehead atoms. The average molecular weight is 484 g/mol. The summed E-state index contributed by atoms with van der Waals surface area (Å²) < 4.78 is 28.1. The fraction of sp³-hybridized carbons (Fsp3) is 0.316. The number of anilines is 1. The fourth-order valence-electron chi connectivity index (χ4n) is 2.89. The Balaban J connectivity index is 1.71. The number of carbonyl (C=O) groups excluding carboxylic acids is 1. The van der Waals surface area contributed by atoms with Crippen molar-refractivity contribution in [1.82, 2.24) is 4.31 Å².